The molecule has 0 amide bonds. The lowest BCUT2D eigenvalue weighted by molar-refractivity contribution is 0.189. The Morgan fingerprint density at radius 3 is 2.89 bits per heavy atom. The van der Waals surface area contributed by atoms with Crippen molar-refractivity contribution in [2.45, 2.75) is 19.6 Å². The molecule has 96 valence electrons. The SMILES string of the molecule is C[C@@H](O)c1cc(Br)ccc1OCc1nncn1C. The normalized spacial score (nSPS) is 12.4. The fourth-order valence-corrected chi connectivity index (χ4v) is 1.94. The summed E-state index contributed by atoms with van der Waals surface area (Å²) in [6, 6.07) is 5.54. The van der Waals surface area contributed by atoms with Gasteiger partial charge >= 0.3 is 0 Å². The quantitative estimate of drug-likeness (QED) is 0.940. The predicted molar refractivity (Wildman–Crippen MR) is 70.1 cm³/mol. The largest absolute Gasteiger partial charge is 0.485 e. The van der Waals surface area contributed by atoms with E-state index in [9.17, 15) is 5.11 Å². The second kappa shape index (κ2) is 5.49. The van der Waals surface area contributed by atoms with Crippen LogP contribution in [-0.4, -0.2) is 19.9 Å². The second-order valence-electron chi connectivity index (χ2n) is 4.00. The molecule has 1 aromatic carbocycles. The third-order valence-electron chi connectivity index (χ3n) is 2.58. The van der Waals surface area contributed by atoms with Gasteiger partial charge in [-0.05, 0) is 25.1 Å². The summed E-state index contributed by atoms with van der Waals surface area (Å²) in [7, 11) is 1.86. The van der Waals surface area contributed by atoms with Crippen molar-refractivity contribution in [2.75, 3.05) is 0 Å². The number of ether oxygens (including phenoxy) is 1. The summed E-state index contributed by atoms with van der Waals surface area (Å²) >= 11 is 3.37. The summed E-state index contributed by atoms with van der Waals surface area (Å²) in [5.41, 5.74) is 0.742. The van der Waals surface area contributed by atoms with Crippen LogP contribution in [0.5, 0.6) is 5.75 Å². The number of hydrogen-bond acceptors (Lipinski definition) is 4. The van der Waals surface area contributed by atoms with E-state index in [2.05, 4.69) is 26.1 Å². The average molecular weight is 312 g/mol. The summed E-state index contributed by atoms with van der Waals surface area (Å²) < 4.78 is 8.37. The first-order valence-corrected chi connectivity index (χ1v) is 6.30. The maximum absolute atomic E-state index is 9.71. The van der Waals surface area contributed by atoms with Crippen molar-refractivity contribution in [1.82, 2.24) is 14.8 Å². The molecule has 0 aliphatic heterocycles. The van der Waals surface area contributed by atoms with Gasteiger partial charge in [0.05, 0.1) is 6.10 Å². The van der Waals surface area contributed by atoms with Crippen molar-refractivity contribution in [3.63, 3.8) is 0 Å². The lowest BCUT2D eigenvalue weighted by Crippen LogP contribution is -2.05. The summed E-state index contributed by atoms with van der Waals surface area (Å²) in [4.78, 5) is 0. The van der Waals surface area contributed by atoms with Crippen LogP contribution in [0.1, 0.15) is 24.4 Å². The number of benzene rings is 1. The molecule has 1 aromatic heterocycles. The molecule has 2 rings (SSSR count). The van der Waals surface area contributed by atoms with Crippen molar-refractivity contribution >= 4 is 15.9 Å². The van der Waals surface area contributed by atoms with E-state index >= 15 is 0 Å². The van der Waals surface area contributed by atoms with Crippen molar-refractivity contribution in [2.24, 2.45) is 7.05 Å². The molecular weight excluding hydrogens is 298 g/mol. The van der Waals surface area contributed by atoms with Gasteiger partial charge in [-0.3, -0.25) is 0 Å². The standard InChI is InChI=1S/C12H14BrN3O2/c1-8(17)10-5-9(13)3-4-11(10)18-6-12-15-14-7-16(12)2/h3-5,7-8,17H,6H2,1-2H3/t8-/m1/s1. The Morgan fingerprint density at radius 2 is 2.28 bits per heavy atom. The molecule has 1 atom stereocenters. The van der Waals surface area contributed by atoms with Gasteiger partial charge in [-0.15, -0.1) is 10.2 Å². The van der Waals surface area contributed by atoms with E-state index in [1.807, 2.05) is 25.2 Å². The molecule has 0 fully saturated rings. The van der Waals surface area contributed by atoms with Crippen LogP contribution in [-0.2, 0) is 13.7 Å². The maximum atomic E-state index is 9.71. The van der Waals surface area contributed by atoms with Crippen molar-refractivity contribution in [1.29, 1.82) is 0 Å². The number of aryl methyl sites for hydroxylation is 1. The lowest BCUT2D eigenvalue weighted by atomic mass is 10.1. The first kappa shape index (κ1) is 13.0. The molecule has 1 heterocycles. The van der Waals surface area contributed by atoms with Crippen LogP contribution in [0.4, 0.5) is 0 Å². The maximum Gasteiger partial charge on any atom is 0.170 e. The highest BCUT2D eigenvalue weighted by Crippen LogP contribution is 2.28. The molecule has 0 bridgehead atoms. The van der Waals surface area contributed by atoms with Gasteiger partial charge in [0.15, 0.2) is 5.82 Å². The molecule has 5 nitrogen and oxygen atoms in total. The average Bonchev–Trinajstić information content (AvgIpc) is 2.73. The monoisotopic (exact) mass is 311 g/mol. The Labute approximate surface area is 114 Å². The zero-order valence-electron chi connectivity index (χ0n) is 10.2. The Balaban J connectivity index is 2.16. The molecule has 0 saturated carbocycles. The molecule has 1 N–H and O–H groups in total. The Hall–Kier alpha value is -1.40. The van der Waals surface area contributed by atoms with E-state index in [0.717, 1.165) is 15.9 Å². The first-order chi connectivity index (χ1) is 8.58. The fourth-order valence-electron chi connectivity index (χ4n) is 1.56. The van der Waals surface area contributed by atoms with Gasteiger partial charge in [0, 0.05) is 17.1 Å². The van der Waals surface area contributed by atoms with Crippen molar-refractivity contribution in [3.05, 3.63) is 40.4 Å². The fraction of sp³-hybridized carbons (Fsp3) is 0.333. The van der Waals surface area contributed by atoms with E-state index in [4.69, 9.17) is 4.74 Å². The molecular formula is C12H14BrN3O2. The molecule has 18 heavy (non-hydrogen) atoms. The van der Waals surface area contributed by atoms with Crippen LogP contribution in [0, 0.1) is 0 Å². The minimum atomic E-state index is -0.586. The van der Waals surface area contributed by atoms with Gasteiger partial charge < -0.3 is 14.4 Å². The third kappa shape index (κ3) is 2.88. The van der Waals surface area contributed by atoms with Crippen LogP contribution >= 0.6 is 15.9 Å². The molecule has 0 unspecified atom stereocenters. The Morgan fingerprint density at radius 1 is 1.50 bits per heavy atom. The third-order valence-corrected chi connectivity index (χ3v) is 3.08. The number of hydrogen-bond donors (Lipinski definition) is 1. The van der Waals surface area contributed by atoms with Gasteiger partial charge in [0.25, 0.3) is 0 Å². The second-order valence-corrected chi connectivity index (χ2v) is 4.92. The van der Waals surface area contributed by atoms with E-state index in [0.29, 0.717) is 12.4 Å². The first-order valence-electron chi connectivity index (χ1n) is 5.51. The van der Waals surface area contributed by atoms with Crippen LogP contribution in [0.25, 0.3) is 0 Å². The summed E-state index contributed by atoms with van der Waals surface area (Å²) in [5.74, 6) is 1.38. The van der Waals surface area contributed by atoms with Gasteiger partial charge in [-0.25, -0.2) is 0 Å². The summed E-state index contributed by atoms with van der Waals surface area (Å²) in [6.45, 7) is 2.02. The van der Waals surface area contributed by atoms with Crippen LogP contribution in [0.15, 0.2) is 29.0 Å². The number of aliphatic hydroxyl groups excluding tert-OH is 1. The molecule has 0 radical (unpaired) electrons. The van der Waals surface area contributed by atoms with Crippen LogP contribution in [0.3, 0.4) is 0 Å². The zero-order chi connectivity index (χ0) is 13.1. The topological polar surface area (TPSA) is 60.2 Å². The minimum absolute atomic E-state index is 0.317. The molecule has 2 aromatic rings. The smallest absolute Gasteiger partial charge is 0.170 e. The van der Waals surface area contributed by atoms with E-state index in [1.165, 1.54) is 0 Å². The van der Waals surface area contributed by atoms with Gasteiger partial charge in [0.1, 0.15) is 18.7 Å². The highest BCUT2D eigenvalue weighted by molar-refractivity contribution is 9.10. The van der Waals surface area contributed by atoms with Gasteiger partial charge in [-0.1, -0.05) is 15.9 Å². The lowest BCUT2D eigenvalue weighted by Gasteiger charge is -2.13. The van der Waals surface area contributed by atoms with E-state index in [-0.39, 0.29) is 0 Å². The highest BCUT2D eigenvalue weighted by atomic mass is 79.9. The van der Waals surface area contributed by atoms with Gasteiger partial charge in [0.2, 0.25) is 0 Å². The number of nitrogens with zero attached hydrogens (tertiary/aromatic N) is 3. The Kier molecular flexibility index (Phi) is 3.98. The zero-order valence-corrected chi connectivity index (χ0v) is 11.8. The van der Waals surface area contributed by atoms with Crippen molar-refractivity contribution in [3.8, 4) is 5.75 Å². The van der Waals surface area contributed by atoms with E-state index in [1.54, 1.807) is 17.8 Å². The Bertz CT molecular complexity index is 540. The van der Waals surface area contributed by atoms with Crippen LogP contribution in [0.2, 0.25) is 0 Å². The number of aromatic nitrogens is 3. The molecule has 6 heteroatoms. The molecule has 0 spiro atoms. The molecule has 0 aliphatic rings. The van der Waals surface area contributed by atoms with E-state index < -0.39 is 6.10 Å². The minimum Gasteiger partial charge on any atom is -0.485 e. The molecule has 0 aliphatic carbocycles. The number of halogens is 1. The summed E-state index contributed by atoms with van der Waals surface area (Å²) in [5, 5.41) is 17.4. The predicted octanol–water partition coefficient (Wildman–Crippen LogP) is 2.21. The number of rotatable bonds is 4. The van der Waals surface area contributed by atoms with Crippen LogP contribution < -0.4 is 4.74 Å². The summed E-state index contributed by atoms with van der Waals surface area (Å²) in [6.07, 6.45) is 1.03. The molecule has 0 saturated heterocycles. The highest BCUT2D eigenvalue weighted by Gasteiger charge is 2.11. The van der Waals surface area contributed by atoms with Gasteiger partial charge in [-0.2, -0.15) is 0 Å². The van der Waals surface area contributed by atoms with Crippen molar-refractivity contribution < 1.29 is 9.84 Å². The number of aliphatic hydroxyl groups is 1.